The van der Waals surface area contributed by atoms with Crippen molar-refractivity contribution in [1.29, 1.82) is 0 Å². The van der Waals surface area contributed by atoms with E-state index in [1.807, 2.05) is 0 Å². The third kappa shape index (κ3) is 3.78. The van der Waals surface area contributed by atoms with E-state index in [1.54, 1.807) is 18.7 Å². The molecular weight excluding hydrogens is 274 g/mol. The van der Waals surface area contributed by atoms with Crippen LogP contribution < -0.4 is 5.32 Å². The van der Waals surface area contributed by atoms with Crippen LogP contribution in [0.4, 0.5) is 5.95 Å². The standard InChI is InChI=1S/C13H21N5O3/c1-9-14-13(16-17(9)2)15-11(19)8-18-7-5-4-6-10(21-3)12(18)20/h10H,4-8H2,1-3H3,(H,15,16,19). The molecule has 1 atom stereocenters. The number of likely N-dealkylation sites (tertiary alicyclic amines) is 1. The number of aryl methyl sites for hydroxylation is 2. The molecule has 2 rings (SSSR count). The number of carbonyl (C=O) groups excluding carboxylic acids is 2. The molecule has 0 bridgehead atoms. The summed E-state index contributed by atoms with van der Waals surface area (Å²) in [7, 11) is 3.27. The predicted octanol–water partition coefficient (Wildman–Crippen LogP) is 0.0895. The number of aromatic nitrogens is 3. The molecule has 1 aliphatic heterocycles. The fourth-order valence-electron chi connectivity index (χ4n) is 2.30. The van der Waals surface area contributed by atoms with Gasteiger partial charge in [-0.1, -0.05) is 0 Å². The van der Waals surface area contributed by atoms with E-state index in [0.717, 1.165) is 12.8 Å². The summed E-state index contributed by atoms with van der Waals surface area (Å²) in [6.45, 7) is 2.36. The van der Waals surface area contributed by atoms with Crippen molar-refractivity contribution in [1.82, 2.24) is 19.7 Å². The summed E-state index contributed by atoms with van der Waals surface area (Å²) >= 11 is 0. The van der Waals surface area contributed by atoms with Crippen molar-refractivity contribution in [3.8, 4) is 0 Å². The Morgan fingerprint density at radius 2 is 2.24 bits per heavy atom. The third-order valence-electron chi connectivity index (χ3n) is 3.58. The molecule has 8 heteroatoms. The number of hydrogen-bond acceptors (Lipinski definition) is 5. The first-order chi connectivity index (χ1) is 10.0. The Morgan fingerprint density at radius 1 is 1.48 bits per heavy atom. The van der Waals surface area contributed by atoms with Gasteiger partial charge in [0.1, 0.15) is 18.5 Å². The minimum Gasteiger partial charge on any atom is -0.372 e. The highest BCUT2D eigenvalue weighted by molar-refractivity contribution is 5.94. The van der Waals surface area contributed by atoms with Crippen molar-refractivity contribution in [3.63, 3.8) is 0 Å². The Balaban J connectivity index is 1.96. The van der Waals surface area contributed by atoms with Crippen LogP contribution in [0.2, 0.25) is 0 Å². The smallest absolute Gasteiger partial charge is 0.252 e. The summed E-state index contributed by atoms with van der Waals surface area (Å²) in [6, 6.07) is 0. The summed E-state index contributed by atoms with van der Waals surface area (Å²) in [5.74, 6) is 0.530. The number of hydrogen-bond donors (Lipinski definition) is 1. The van der Waals surface area contributed by atoms with E-state index in [0.29, 0.717) is 18.8 Å². The topological polar surface area (TPSA) is 89.3 Å². The summed E-state index contributed by atoms with van der Waals surface area (Å²) in [6.07, 6.45) is 2.05. The van der Waals surface area contributed by atoms with E-state index in [9.17, 15) is 9.59 Å². The lowest BCUT2D eigenvalue weighted by Crippen LogP contribution is -2.43. The summed E-state index contributed by atoms with van der Waals surface area (Å²) < 4.78 is 6.76. The van der Waals surface area contributed by atoms with E-state index in [-0.39, 0.29) is 24.3 Å². The van der Waals surface area contributed by atoms with Gasteiger partial charge in [0.25, 0.3) is 5.91 Å². The predicted molar refractivity (Wildman–Crippen MR) is 75.6 cm³/mol. The van der Waals surface area contributed by atoms with Crippen molar-refractivity contribution >= 4 is 17.8 Å². The molecule has 1 saturated heterocycles. The van der Waals surface area contributed by atoms with Crippen LogP contribution >= 0.6 is 0 Å². The fraction of sp³-hybridized carbons (Fsp3) is 0.692. The Morgan fingerprint density at radius 3 is 2.86 bits per heavy atom. The molecule has 0 saturated carbocycles. The molecule has 1 unspecified atom stereocenters. The average Bonchev–Trinajstić information content (AvgIpc) is 2.64. The van der Waals surface area contributed by atoms with Crippen LogP contribution in [0.5, 0.6) is 0 Å². The van der Waals surface area contributed by atoms with Crippen molar-refractivity contribution in [2.24, 2.45) is 7.05 Å². The highest BCUT2D eigenvalue weighted by atomic mass is 16.5. The summed E-state index contributed by atoms with van der Waals surface area (Å²) in [5, 5.41) is 6.67. The first-order valence-electron chi connectivity index (χ1n) is 7.00. The van der Waals surface area contributed by atoms with Crippen LogP contribution in [0.3, 0.4) is 0 Å². The molecule has 1 aliphatic rings. The third-order valence-corrected chi connectivity index (χ3v) is 3.58. The van der Waals surface area contributed by atoms with Gasteiger partial charge in [0, 0.05) is 20.7 Å². The van der Waals surface area contributed by atoms with Gasteiger partial charge in [0.05, 0.1) is 0 Å². The van der Waals surface area contributed by atoms with Gasteiger partial charge in [0.15, 0.2) is 0 Å². The number of methoxy groups -OCH3 is 1. The van der Waals surface area contributed by atoms with Gasteiger partial charge in [0.2, 0.25) is 11.9 Å². The molecule has 1 fully saturated rings. The van der Waals surface area contributed by atoms with E-state index in [2.05, 4.69) is 15.4 Å². The Bertz CT molecular complexity index is 508. The average molecular weight is 295 g/mol. The molecule has 0 radical (unpaired) electrons. The van der Waals surface area contributed by atoms with Crippen molar-refractivity contribution < 1.29 is 14.3 Å². The molecule has 8 nitrogen and oxygen atoms in total. The quantitative estimate of drug-likeness (QED) is 0.850. The number of rotatable bonds is 4. The van der Waals surface area contributed by atoms with Gasteiger partial charge in [-0.2, -0.15) is 4.98 Å². The number of nitrogens with zero attached hydrogens (tertiary/aromatic N) is 4. The van der Waals surface area contributed by atoms with E-state index in [1.165, 1.54) is 12.0 Å². The first kappa shape index (κ1) is 15.4. The zero-order valence-corrected chi connectivity index (χ0v) is 12.6. The zero-order chi connectivity index (χ0) is 15.4. The van der Waals surface area contributed by atoms with Crippen LogP contribution in [0, 0.1) is 6.92 Å². The Labute approximate surface area is 123 Å². The van der Waals surface area contributed by atoms with Gasteiger partial charge in [-0.25, -0.2) is 0 Å². The SMILES string of the molecule is COC1CCCCN(CC(=O)Nc2nc(C)n(C)n2)C1=O. The molecule has 1 aromatic rings. The van der Waals surface area contributed by atoms with Crippen LogP contribution in [0.1, 0.15) is 25.1 Å². The van der Waals surface area contributed by atoms with Gasteiger partial charge in [-0.3, -0.25) is 19.6 Å². The van der Waals surface area contributed by atoms with Crippen LogP contribution in [-0.4, -0.2) is 57.8 Å². The lowest BCUT2D eigenvalue weighted by molar-refractivity contribution is -0.143. The fourth-order valence-corrected chi connectivity index (χ4v) is 2.30. The molecule has 2 amide bonds. The lowest BCUT2D eigenvalue weighted by Gasteiger charge is -2.22. The van der Waals surface area contributed by atoms with Crippen LogP contribution in [0.15, 0.2) is 0 Å². The molecule has 2 heterocycles. The van der Waals surface area contributed by atoms with E-state index >= 15 is 0 Å². The highest BCUT2D eigenvalue weighted by Crippen LogP contribution is 2.14. The maximum atomic E-state index is 12.2. The highest BCUT2D eigenvalue weighted by Gasteiger charge is 2.28. The minimum absolute atomic E-state index is 0.00397. The number of carbonyl (C=O) groups is 2. The molecule has 116 valence electrons. The van der Waals surface area contributed by atoms with E-state index in [4.69, 9.17) is 4.74 Å². The van der Waals surface area contributed by atoms with Crippen LogP contribution in [0.25, 0.3) is 0 Å². The molecular formula is C13H21N5O3. The van der Waals surface area contributed by atoms with Crippen molar-refractivity contribution in [2.45, 2.75) is 32.3 Å². The van der Waals surface area contributed by atoms with Gasteiger partial charge < -0.3 is 9.64 Å². The summed E-state index contributed by atoms with van der Waals surface area (Å²) in [5.41, 5.74) is 0. The Hall–Kier alpha value is -1.96. The maximum Gasteiger partial charge on any atom is 0.252 e. The minimum atomic E-state index is -0.449. The van der Waals surface area contributed by atoms with E-state index < -0.39 is 6.10 Å². The number of amides is 2. The maximum absolute atomic E-state index is 12.2. The lowest BCUT2D eigenvalue weighted by atomic mass is 10.2. The molecule has 1 aromatic heterocycles. The monoisotopic (exact) mass is 295 g/mol. The first-order valence-corrected chi connectivity index (χ1v) is 7.00. The molecule has 0 aliphatic carbocycles. The van der Waals surface area contributed by atoms with Gasteiger partial charge in [-0.05, 0) is 26.2 Å². The number of ether oxygens (including phenoxy) is 1. The van der Waals surface area contributed by atoms with Gasteiger partial charge in [-0.15, -0.1) is 5.10 Å². The normalized spacial score (nSPS) is 19.5. The molecule has 0 spiro atoms. The summed E-state index contributed by atoms with van der Waals surface area (Å²) in [4.78, 5) is 29.9. The molecule has 1 N–H and O–H groups in total. The number of anilines is 1. The van der Waals surface area contributed by atoms with Crippen molar-refractivity contribution in [3.05, 3.63) is 5.82 Å². The molecule has 21 heavy (non-hydrogen) atoms. The second-order valence-corrected chi connectivity index (χ2v) is 5.13. The second-order valence-electron chi connectivity index (χ2n) is 5.13. The molecule has 0 aromatic carbocycles. The number of nitrogens with one attached hydrogen (secondary N) is 1. The van der Waals surface area contributed by atoms with Gasteiger partial charge >= 0.3 is 0 Å². The largest absolute Gasteiger partial charge is 0.372 e. The zero-order valence-electron chi connectivity index (χ0n) is 12.6. The second kappa shape index (κ2) is 6.66. The van der Waals surface area contributed by atoms with Crippen molar-refractivity contribution in [2.75, 3.05) is 25.5 Å². The Kier molecular flexibility index (Phi) is 4.89. The van der Waals surface area contributed by atoms with Crippen LogP contribution in [-0.2, 0) is 21.4 Å².